The summed E-state index contributed by atoms with van der Waals surface area (Å²) in [5.74, 6) is 2.61. The van der Waals surface area contributed by atoms with E-state index >= 15 is 0 Å². The van der Waals surface area contributed by atoms with Crippen LogP contribution in [-0.4, -0.2) is 76.6 Å². The highest BCUT2D eigenvalue weighted by Crippen LogP contribution is 2.71. The lowest BCUT2D eigenvalue weighted by molar-refractivity contribution is -0.157. The molecule has 0 aromatic rings. The van der Waals surface area contributed by atoms with E-state index in [1.54, 1.807) is 11.8 Å². The third kappa shape index (κ3) is 6.22. The number of carbonyl (C=O) groups excluding carboxylic acids is 2. The third-order valence-electron chi connectivity index (χ3n) is 18.1. The topological polar surface area (TPSA) is 90.0 Å². The van der Waals surface area contributed by atoms with E-state index in [2.05, 4.69) is 58.7 Å². The maximum Gasteiger partial charge on any atom is 0.312 e. The van der Waals surface area contributed by atoms with Crippen molar-refractivity contribution in [1.29, 1.82) is 0 Å². The van der Waals surface area contributed by atoms with Crippen molar-refractivity contribution in [3.05, 3.63) is 35.5 Å². The molecule has 0 aromatic carbocycles. The van der Waals surface area contributed by atoms with E-state index in [1.165, 1.54) is 74.5 Å². The third-order valence-corrected chi connectivity index (χ3v) is 18.1. The number of amides is 2. The molecule has 10 atom stereocenters. The number of fused-ring (bicyclic) bond motifs is 7. The van der Waals surface area contributed by atoms with Crippen molar-refractivity contribution in [3.63, 3.8) is 0 Å². The van der Waals surface area contributed by atoms with Crippen LogP contribution in [0.1, 0.15) is 139 Å². The predicted octanol–water partition coefficient (Wildman–Crippen LogP) is 9.14. The number of nitrogens with one attached hydrogen (secondary N) is 1. The van der Waals surface area contributed by atoms with Crippen LogP contribution in [0.15, 0.2) is 35.5 Å². The lowest BCUT2D eigenvalue weighted by Crippen LogP contribution is -2.66. The maximum atomic E-state index is 14.0. The van der Waals surface area contributed by atoms with Crippen molar-refractivity contribution in [2.45, 2.75) is 150 Å². The van der Waals surface area contributed by atoms with Gasteiger partial charge in [-0.1, -0.05) is 58.4 Å². The molecule has 0 aromatic heterocycles. The molecule has 7 aliphatic rings. The fraction of sp³-hybridized carbons (Fsp3) is 0.809. The lowest BCUT2D eigenvalue weighted by atomic mass is 9.41. The summed E-state index contributed by atoms with van der Waals surface area (Å²) in [6.07, 6.45) is 18.1. The molecule has 7 nitrogen and oxygen atoms in total. The molecule has 8 heteroatoms. The van der Waals surface area contributed by atoms with Crippen LogP contribution in [0.5, 0.6) is 0 Å². The summed E-state index contributed by atoms with van der Waals surface area (Å²) in [5.41, 5.74) is 2.43. The van der Waals surface area contributed by atoms with Crippen LogP contribution < -0.4 is 5.32 Å². The van der Waals surface area contributed by atoms with Crippen LogP contribution in [0.25, 0.3) is 0 Å². The Morgan fingerprint density at radius 3 is 2.24 bits per heavy atom. The highest BCUT2D eigenvalue weighted by atomic mass is 19.1. The van der Waals surface area contributed by atoms with Crippen molar-refractivity contribution in [1.82, 2.24) is 15.1 Å². The van der Waals surface area contributed by atoms with Gasteiger partial charge in [-0.3, -0.25) is 14.4 Å². The van der Waals surface area contributed by atoms with E-state index in [0.29, 0.717) is 68.0 Å². The summed E-state index contributed by atoms with van der Waals surface area (Å²) in [6, 6.07) is 0. The number of aliphatic carboxylic acids is 1. The smallest absolute Gasteiger partial charge is 0.312 e. The standard InChI is InChI=1S/C47H72FN3O4/c1-30(2)33-17-22-47(49-25-26-50-27-28-51(31(3)52)43(6,7)40(50)53)24-23-44(8)35-11-10-12-38-42(4,5)34(32-15-20-46(29-48,21-16-32)41(54)55)18-19-45(38,9)36(35)13-14-37(44)39(33)47/h15,18,33,35-39,49H,1,10-14,16-17,19-29H2,2-9H3,(H,54,55)/t33-,35-,36-,37+,38-,39+,44-,45?,46-,47-/m0/s1. The van der Waals surface area contributed by atoms with Gasteiger partial charge >= 0.3 is 5.97 Å². The number of carboxylic acid groups (broad SMARTS) is 1. The van der Waals surface area contributed by atoms with Gasteiger partial charge < -0.3 is 20.2 Å². The summed E-state index contributed by atoms with van der Waals surface area (Å²) < 4.78 is 14.0. The summed E-state index contributed by atoms with van der Waals surface area (Å²) in [5, 5.41) is 14.0. The molecule has 1 heterocycles. The largest absolute Gasteiger partial charge is 0.481 e. The molecule has 7 rings (SSSR count). The fourth-order valence-electron chi connectivity index (χ4n) is 15.1. The molecule has 0 bridgehead atoms. The Hall–Kier alpha value is -2.48. The van der Waals surface area contributed by atoms with Gasteiger partial charge in [-0.15, -0.1) is 0 Å². The van der Waals surface area contributed by atoms with Crippen LogP contribution >= 0.6 is 0 Å². The van der Waals surface area contributed by atoms with Crippen LogP contribution in [-0.2, 0) is 14.4 Å². The zero-order chi connectivity index (χ0) is 39.9. The van der Waals surface area contributed by atoms with Gasteiger partial charge in [0.25, 0.3) is 0 Å². The van der Waals surface area contributed by atoms with Gasteiger partial charge in [-0.2, -0.15) is 0 Å². The zero-order valence-electron chi connectivity index (χ0n) is 35.5. The zero-order valence-corrected chi connectivity index (χ0v) is 35.5. The summed E-state index contributed by atoms with van der Waals surface area (Å²) in [6.45, 7) is 24.2. The molecular weight excluding hydrogens is 690 g/mol. The van der Waals surface area contributed by atoms with Crippen LogP contribution in [0.4, 0.5) is 4.39 Å². The van der Waals surface area contributed by atoms with Crippen LogP contribution in [0.3, 0.4) is 0 Å². The van der Waals surface area contributed by atoms with Gasteiger partial charge in [0, 0.05) is 38.6 Å². The van der Waals surface area contributed by atoms with Gasteiger partial charge in [0.1, 0.15) is 12.2 Å². The molecule has 2 N–H and O–H groups in total. The molecule has 2 amide bonds. The predicted molar refractivity (Wildman–Crippen MR) is 217 cm³/mol. The number of piperazine rings is 1. The Morgan fingerprint density at radius 2 is 1.60 bits per heavy atom. The molecule has 5 fully saturated rings. The Balaban J connectivity index is 1.11. The number of alkyl halides is 1. The number of carboxylic acids is 1. The quantitative estimate of drug-likeness (QED) is 0.241. The first-order valence-electron chi connectivity index (χ1n) is 22.0. The molecule has 1 saturated heterocycles. The minimum Gasteiger partial charge on any atom is -0.481 e. The summed E-state index contributed by atoms with van der Waals surface area (Å²) in [4.78, 5) is 41.6. The molecule has 6 aliphatic carbocycles. The molecule has 0 spiro atoms. The SMILES string of the molecule is C=C(C)[C@@H]1CC[C@]2(NCCN3CCN(C(C)=O)C(C)(C)C3=O)CC[C@]3(C)[C@H](CC[C@H]4[C@@H]3CCC[C@H]3C(C)(C)C(C5=CC[C@](CF)(C(=O)O)CC5)=CCC43C)[C@@H]12. The van der Waals surface area contributed by atoms with Gasteiger partial charge in [-0.05, 0) is 161 Å². The Morgan fingerprint density at radius 1 is 0.891 bits per heavy atom. The van der Waals surface area contributed by atoms with E-state index in [1.807, 2.05) is 18.7 Å². The Kier molecular flexibility index (Phi) is 10.4. The average molecular weight is 762 g/mol. The van der Waals surface area contributed by atoms with Gasteiger partial charge in [-0.25, -0.2) is 4.39 Å². The molecular formula is C47H72FN3O4. The Labute approximate surface area is 331 Å². The van der Waals surface area contributed by atoms with E-state index in [-0.39, 0.29) is 40.0 Å². The number of hydrogen-bond donors (Lipinski definition) is 2. The normalized spacial score (nSPS) is 42.2. The fourth-order valence-corrected chi connectivity index (χ4v) is 15.1. The van der Waals surface area contributed by atoms with Crippen molar-refractivity contribution in [2.75, 3.05) is 32.9 Å². The van der Waals surface area contributed by atoms with Crippen molar-refractivity contribution < 1.29 is 23.9 Å². The van der Waals surface area contributed by atoms with Crippen LogP contribution in [0, 0.1) is 57.2 Å². The molecule has 55 heavy (non-hydrogen) atoms. The number of rotatable bonds is 8. The second kappa shape index (κ2) is 14.1. The molecule has 1 unspecified atom stereocenters. The number of carbonyl (C=O) groups is 3. The number of allylic oxidation sites excluding steroid dienone is 5. The van der Waals surface area contributed by atoms with E-state index < -0.39 is 23.6 Å². The molecule has 4 saturated carbocycles. The Bertz CT molecular complexity index is 1650. The lowest BCUT2D eigenvalue weighted by Gasteiger charge is -2.65. The van der Waals surface area contributed by atoms with Gasteiger partial charge in [0.15, 0.2) is 0 Å². The number of halogens is 1. The molecule has 0 radical (unpaired) electrons. The first-order chi connectivity index (χ1) is 25.8. The first-order valence-corrected chi connectivity index (χ1v) is 22.0. The average Bonchev–Trinajstić information content (AvgIpc) is 3.43. The first kappa shape index (κ1) is 40.7. The monoisotopic (exact) mass is 762 g/mol. The summed E-state index contributed by atoms with van der Waals surface area (Å²) in [7, 11) is 0. The van der Waals surface area contributed by atoms with Crippen LogP contribution in [0.2, 0.25) is 0 Å². The minimum absolute atomic E-state index is 0.0259. The second-order valence-corrected chi connectivity index (χ2v) is 21.2. The van der Waals surface area contributed by atoms with Crippen molar-refractivity contribution in [2.24, 2.45) is 57.2 Å². The second-order valence-electron chi connectivity index (χ2n) is 21.2. The van der Waals surface area contributed by atoms with E-state index in [0.717, 1.165) is 13.0 Å². The van der Waals surface area contributed by atoms with E-state index in [9.17, 15) is 23.9 Å². The minimum atomic E-state index is -1.26. The molecule has 1 aliphatic heterocycles. The highest BCUT2D eigenvalue weighted by molar-refractivity contribution is 5.91. The van der Waals surface area contributed by atoms with Gasteiger partial charge in [0.2, 0.25) is 11.8 Å². The maximum absolute atomic E-state index is 14.0. The van der Waals surface area contributed by atoms with Gasteiger partial charge in [0.05, 0.1) is 5.41 Å². The van der Waals surface area contributed by atoms with Crippen molar-refractivity contribution >= 4 is 17.8 Å². The van der Waals surface area contributed by atoms with E-state index in [4.69, 9.17) is 0 Å². The van der Waals surface area contributed by atoms with Crippen molar-refractivity contribution in [3.8, 4) is 0 Å². The molecule has 306 valence electrons. The highest BCUT2D eigenvalue weighted by Gasteiger charge is 2.66. The number of hydrogen-bond acceptors (Lipinski definition) is 4. The number of nitrogens with zero attached hydrogens (tertiary/aromatic N) is 2. The summed E-state index contributed by atoms with van der Waals surface area (Å²) >= 11 is 0.